The van der Waals surface area contributed by atoms with Crippen LogP contribution in [0.4, 0.5) is 5.69 Å². The first-order valence-corrected chi connectivity index (χ1v) is 9.41. The fourth-order valence-corrected chi connectivity index (χ4v) is 2.62. The van der Waals surface area contributed by atoms with Crippen molar-refractivity contribution in [1.29, 1.82) is 0 Å². The number of amides is 2. The Morgan fingerprint density at radius 2 is 1.59 bits per heavy atom. The highest BCUT2D eigenvalue weighted by Gasteiger charge is 2.18. The molecule has 1 aromatic carbocycles. The Kier molecular flexibility index (Phi) is 9.33. The second kappa shape index (κ2) is 11.2. The number of rotatable bonds is 10. The molecule has 0 unspecified atom stereocenters. The van der Waals surface area contributed by atoms with E-state index in [0.717, 1.165) is 18.8 Å². The lowest BCUT2D eigenvalue weighted by Crippen LogP contribution is -2.44. The molecule has 150 valence electrons. The van der Waals surface area contributed by atoms with Crippen molar-refractivity contribution in [3.05, 3.63) is 29.8 Å². The van der Waals surface area contributed by atoms with Gasteiger partial charge in [0.1, 0.15) is 0 Å². The summed E-state index contributed by atoms with van der Waals surface area (Å²) in [5.41, 5.74) is 1.42. The minimum Gasteiger partial charge on any atom is -0.452 e. The normalized spacial score (nSPS) is 10.4. The third kappa shape index (κ3) is 7.29. The number of carbonyl (C=O) groups excluding carboxylic acids is 3. The zero-order chi connectivity index (χ0) is 20.4. The first-order valence-electron chi connectivity index (χ1n) is 9.41. The summed E-state index contributed by atoms with van der Waals surface area (Å²) in [5, 5.41) is 2.73. The van der Waals surface area contributed by atoms with Crippen molar-refractivity contribution in [2.24, 2.45) is 0 Å². The fraction of sp³-hybridized carbons (Fsp3) is 0.550. The third-order valence-corrected chi connectivity index (χ3v) is 4.08. The van der Waals surface area contributed by atoms with Gasteiger partial charge in [-0.1, -0.05) is 0 Å². The van der Waals surface area contributed by atoms with Crippen molar-refractivity contribution in [1.82, 2.24) is 10.2 Å². The Hall–Kier alpha value is -2.57. The molecular formula is C20H31N3O4. The molecule has 1 N–H and O–H groups in total. The lowest BCUT2D eigenvalue weighted by molar-refractivity contribution is -0.138. The van der Waals surface area contributed by atoms with Crippen LogP contribution in [0.5, 0.6) is 0 Å². The lowest BCUT2D eigenvalue weighted by Gasteiger charge is -2.21. The number of nitrogens with zero attached hydrogens (tertiary/aromatic N) is 2. The number of hydrogen-bond acceptors (Lipinski definition) is 5. The summed E-state index contributed by atoms with van der Waals surface area (Å²) in [7, 11) is 0. The first-order chi connectivity index (χ1) is 12.8. The van der Waals surface area contributed by atoms with Gasteiger partial charge >= 0.3 is 5.97 Å². The summed E-state index contributed by atoms with van der Waals surface area (Å²) >= 11 is 0. The SMILES string of the molecule is CCN(CC(=O)NC(C)C)C(=O)COC(=O)c1ccc(N(CC)CC)cc1. The number of esters is 1. The summed E-state index contributed by atoms with van der Waals surface area (Å²) in [6.45, 7) is 11.3. The summed E-state index contributed by atoms with van der Waals surface area (Å²) in [5.74, 6) is -1.19. The molecule has 0 heterocycles. The number of likely N-dealkylation sites (N-methyl/N-ethyl adjacent to an activating group) is 1. The van der Waals surface area contributed by atoms with Gasteiger partial charge in [0, 0.05) is 31.4 Å². The van der Waals surface area contributed by atoms with Crippen molar-refractivity contribution < 1.29 is 19.1 Å². The predicted octanol–water partition coefficient (Wildman–Crippen LogP) is 2.06. The Balaban J connectivity index is 2.59. The number of nitrogens with one attached hydrogen (secondary N) is 1. The van der Waals surface area contributed by atoms with E-state index in [2.05, 4.69) is 24.1 Å². The molecule has 7 heteroatoms. The van der Waals surface area contributed by atoms with Gasteiger partial charge < -0.3 is 19.9 Å². The Morgan fingerprint density at radius 3 is 2.07 bits per heavy atom. The molecule has 0 aromatic heterocycles. The number of benzene rings is 1. The molecule has 0 aliphatic rings. The fourth-order valence-electron chi connectivity index (χ4n) is 2.62. The third-order valence-electron chi connectivity index (χ3n) is 4.08. The topological polar surface area (TPSA) is 79.0 Å². The molecule has 2 amide bonds. The zero-order valence-electron chi connectivity index (χ0n) is 16.9. The number of anilines is 1. The molecule has 0 radical (unpaired) electrons. The Labute approximate surface area is 161 Å². The molecule has 0 saturated heterocycles. The first kappa shape index (κ1) is 22.5. The lowest BCUT2D eigenvalue weighted by atomic mass is 10.2. The summed E-state index contributed by atoms with van der Waals surface area (Å²) in [4.78, 5) is 39.7. The molecule has 7 nitrogen and oxygen atoms in total. The molecular weight excluding hydrogens is 346 g/mol. The Morgan fingerprint density at radius 1 is 1.00 bits per heavy atom. The van der Waals surface area contributed by atoms with Crippen LogP contribution in [0.1, 0.15) is 45.0 Å². The molecule has 1 rings (SSSR count). The molecule has 0 atom stereocenters. The van der Waals surface area contributed by atoms with Crippen LogP contribution < -0.4 is 10.2 Å². The number of ether oxygens (including phenoxy) is 1. The van der Waals surface area contributed by atoms with E-state index < -0.39 is 11.9 Å². The number of carbonyl (C=O) groups is 3. The zero-order valence-corrected chi connectivity index (χ0v) is 16.9. The highest BCUT2D eigenvalue weighted by Crippen LogP contribution is 2.15. The highest BCUT2D eigenvalue weighted by molar-refractivity contribution is 5.92. The van der Waals surface area contributed by atoms with E-state index >= 15 is 0 Å². The van der Waals surface area contributed by atoms with Crippen LogP contribution in [0.2, 0.25) is 0 Å². The highest BCUT2D eigenvalue weighted by atomic mass is 16.5. The molecule has 1 aromatic rings. The van der Waals surface area contributed by atoms with Gasteiger partial charge in [-0.3, -0.25) is 9.59 Å². The smallest absolute Gasteiger partial charge is 0.338 e. The molecule has 27 heavy (non-hydrogen) atoms. The van der Waals surface area contributed by atoms with Gasteiger partial charge in [0.2, 0.25) is 5.91 Å². The van der Waals surface area contributed by atoms with E-state index in [1.807, 2.05) is 26.0 Å². The van der Waals surface area contributed by atoms with Crippen LogP contribution in [0, 0.1) is 0 Å². The molecule has 0 bridgehead atoms. The van der Waals surface area contributed by atoms with Gasteiger partial charge in [-0.25, -0.2) is 4.79 Å². The summed E-state index contributed by atoms with van der Waals surface area (Å²) < 4.78 is 5.11. The molecule has 0 aliphatic carbocycles. The maximum Gasteiger partial charge on any atom is 0.338 e. The second-order valence-electron chi connectivity index (χ2n) is 6.43. The van der Waals surface area contributed by atoms with E-state index in [1.54, 1.807) is 19.1 Å². The van der Waals surface area contributed by atoms with Crippen LogP contribution in [0.15, 0.2) is 24.3 Å². The monoisotopic (exact) mass is 377 g/mol. The van der Waals surface area contributed by atoms with E-state index in [1.165, 1.54) is 4.90 Å². The van der Waals surface area contributed by atoms with E-state index in [0.29, 0.717) is 12.1 Å². The van der Waals surface area contributed by atoms with Gasteiger partial charge in [-0.05, 0) is 58.9 Å². The van der Waals surface area contributed by atoms with Gasteiger partial charge in [0.15, 0.2) is 6.61 Å². The molecule has 0 spiro atoms. The standard InChI is InChI=1S/C20H31N3O4/c1-6-22(7-2)17-11-9-16(10-12-17)20(26)27-14-19(25)23(8-3)13-18(24)21-15(4)5/h9-12,15H,6-8,13-14H2,1-5H3,(H,21,24). The largest absolute Gasteiger partial charge is 0.452 e. The van der Waals surface area contributed by atoms with Gasteiger partial charge in [-0.15, -0.1) is 0 Å². The molecule has 0 saturated carbocycles. The average Bonchev–Trinajstić information content (AvgIpc) is 2.64. The van der Waals surface area contributed by atoms with Crippen LogP contribution in [-0.4, -0.2) is 61.5 Å². The Bertz CT molecular complexity index is 625. The van der Waals surface area contributed by atoms with Crippen molar-refractivity contribution in [3.8, 4) is 0 Å². The van der Waals surface area contributed by atoms with Crippen molar-refractivity contribution in [2.75, 3.05) is 37.7 Å². The maximum absolute atomic E-state index is 12.2. The van der Waals surface area contributed by atoms with Crippen LogP contribution in [-0.2, 0) is 14.3 Å². The van der Waals surface area contributed by atoms with Gasteiger partial charge in [0.05, 0.1) is 12.1 Å². The summed E-state index contributed by atoms with van der Waals surface area (Å²) in [6.07, 6.45) is 0. The van der Waals surface area contributed by atoms with E-state index in [9.17, 15) is 14.4 Å². The van der Waals surface area contributed by atoms with Crippen molar-refractivity contribution in [2.45, 2.75) is 40.7 Å². The van der Waals surface area contributed by atoms with Crippen LogP contribution in [0.3, 0.4) is 0 Å². The summed E-state index contributed by atoms with van der Waals surface area (Å²) in [6, 6.07) is 7.10. The minimum atomic E-state index is -0.558. The second-order valence-corrected chi connectivity index (χ2v) is 6.43. The van der Waals surface area contributed by atoms with Crippen LogP contribution in [0.25, 0.3) is 0 Å². The van der Waals surface area contributed by atoms with E-state index in [-0.39, 0.29) is 25.1 Å². The van der Waals surface area contributed by atoms with Gasteiger partial charge in [-0.2, -0.15) is 0 Å². The number of hydrogen-bond donors (Lipinski definition) is 1. The van der Waals surface area contributed by atoms with Crippen molar-refractivity contribution in [3.63, 3.8) is 0 Å². The maximum atomic E-state index is 12.2. The molecule has 0 aliphatic heterocycles. The minimum absolute atomic E-state index is 0.00319. The van der Waals surface area contributed by atoms with Crippen LogP contribution >= 0.6 is 0 Å². The predicted molar refractivity (Wildman–Crippen MR) is 106 cm³/mol. The molecule has 0 fully saturated rings. The quantitative estimate of drug-likeness (QED) is 0.632. The van der Waals surface area contributed by atoms with Gasteiger partial charge in [0.25, 0.3) is 5.91 Å². The average molecular weight is 377 g/mol. The van der Waals surface area contributed by atoms with Crippen molar-refractivity contribution >= 4 is 23.5 Å². The van der Waals surface area contributed by atoms with E-state index in [4.69, 9.17) is 4.74 Å².